The Morgan fingerprint density at radius 1 is 0.879 bits per heavy atom. The first-order valence-corrected chi connectivity index (χ1v) is 12.5. The molecule has 7 heteroatoms. The molecule has 1 saturated heterocycles. The highest BCUT2D eigenvalue weighted by Crippen LogP contribution is 2.44. The van der Waals surface area contributed by atoms with Crippen LogP contribution in [0.1, 0.15) is 71.1 Å². The van der Waals surface area contributed by atoms with Crippen LogP contribution in [-0.4, -0.2) is 30.9 Å². The zero-order chi connectivity index (χ0) is 23.6. The van der Waals surface area contributed by atoms with E-state index in [4.69, 9.17) is 4.74 Å². The fraction of sp³-hybridized carbons (Fsp3) is 0.731. The maximum atomic E-state index is 13.4. The zero-order valence-corrected chi connectivity index (χ0v) is 19.4. The Morgan fingerprint density at radius 3 is 1.91 bits per heavy atom. The van der Waals surface area contributed by atoms with Crippen LogP contribution in [0.4, 0.5) is 23.2 Å². The Labute approximate surface area is 193 Å². The molecule has 1 aliphatic heterocycles. The summed E-state index contributed by atoms with van der Waals surface area (Å²) >= 11 is 0. The molecule has 4 rings (SSSR count). The van der Waals surface area contributed by atoms with Crippen LogP contribution in [0.15, 0.2) is 24.3 Å². The second-order valence-electron chi connectivity index (χ2n) is 10.4. The van der Waals surface area contributed by atoms with Gasteiger partial charge in [0.15, 0.2) is 0 Å². The molecule has 0 bridgehead atoms. The number of alkyl halides is 4. The molecule has 1 heterocycles. The van der Waals surface area contributed by atoms with Crippen molar-refractivity contribution in [2.24, 2.45) is 23.7 Å². The number of anilines is 1. The summed E-state index contributed by atoms with van der Waals surface area (Å²) in [5.41, 5.74) is 0.265. The highest BCUT2D eigenvalue weighted by atomic mass is 19.3. The van der Waals surface area contributed by atoms with Crippen LogP contribution < -0.4 is 9.64 Å². The van der Waals surface area contributed by atoms with Crippen molar-refractivity contribution in [2.45, 2.75) is 83.0 Å². The minimum Gasteiger partial charge on any atom is -0.426 e. The molecule has 0 aromatic heterocycles. The number of benzene rings is 1. The Morgan fingerprint density at radius 2 is 1.39 bits per heavy atom. The van der Waals surface area contributed by atoms with Gasteiger partial charge in [-0.3, -0.25) is 4.79 Å². The Balaban J connectivity index is 1.24. The summed E-state index contributed by atoms with van der Waals surface area (Å²) in [4.78, 5) is 13.6. The van der Waals surface area contributed by atoms with Gasteiger partial charge < -0.3 is 9.64 Å². The van der Waals surface area contributed by atoms with E-state index in [1.807, 2.05) is 0 Å². The van der Waals surface area contributed by atoms with Crippen molar-refractivity contribution in [3.63, 3.8) is 0 Å². The predicted molar refractivity (Wildman–Crippen MR) is 120 cm³/mol. The number of carbonyl (C=O) groups is 1. The lowest BCUT2D eigenvalue weighted by atomic mass is 9.69. The fourth-order valence-electron chi connectivity index (χ4n) is 6.06. The average molecular weight is 470 g/mol. The molecule has 2 aliphatic carbocycles. The van der Waals surface area contributed by atoms with Gasteiger partial charge in [-0.2, -0.15) is 17.6 Å². The van der Waals surface area contributed by atoms with Gasteiger partial charge in [-0.15, -0.1) is 0 Å². The largest absolute Gasteiger partial charge is 0.426 e. The van der Waals surface area contributed by atoms with E-state index in [0.717, 1.165) is 42.4 Å². The minimum atomic E-state index is -4.05. The Bertz CT molecular complexity index is 781. The average Bonchev–Trinajstić information content (AvgIpc) is 3.02. The Hall–Kier alpha value is -1.79. The maximum Gasteiger partial charge on any atom is 0.329 e. The summed E-state index contributed by atoms with van der Waals surface area (Å²) in [5.74, 6) is -5.74. The molecule has 2 saturated carbocycles. The van der Waals surface area contributed by atoms with E-state index in [1.165, 1.54) is 62.8 Å². The molecule has 0 atom stereocenters. The first kappa shape index (κ1) is 24.3. The molecule has 0 unspecified atom stereocenters. The summed E-state index contributed by atoms with van der Waals surface area (Å²) in [5, 5.41) is 0. The number of halogens is 4. The number of carbonyl (C=O) groups excluding carboxylic acids is 1. The molecule has 1 aromatic carbocycles. The first-order valence-electron chi connectivity index (χ1n) is 12.5. The van der Waals surface area contributed by atoms with Crippen molar-refractivity contribution in [1.82, 2.24) is 0 Å². The van der Waals surface area contributed by atoms with Gasteiger partial charge in [0.2, 0.25) is 0 Å². The maximum absolute atomic E-state index is 13.4. The van der Waals surface area contributed by atoms with Crippen molar-refractivity contribution >= 4 is 11.7 Å². The summed E-state index contributed by atoms with van der Waals surface area (Å²) in [6.45, 7) is 0.210. The van der Waals surface area contributed by atoms with Gasteiger partial charge in [0.1, 0.15) is 5.75 Å². The van der Waals surface area contributed by atoms with Crippen LogP contribution in [0.3, 0.4) is 0 Å². The number of ether oxygens (including phenoxy) is 1. The lowest BCUT2D eigenvalue weighted by Gasteiger charge is -2.37. The molecule has 33 heavy (non-hydrogen) atoms. The number of esters is 1. The molecule has 3 aliphatic rings. The van der Waals surface area contributed by atoms with E-state index in [0.29, 0.717) is 11.7 Å². The van der Waals surface area contributed by atoms with Gasteiger partial charge >= 0.3 is 17.8 Å². The van der Waals surface area contributed by atoms with Crippen LogP contribution in [0.25, 0.3) is 0 Å². The van der Waals surface area contributed by atoms with Crippen molar-refractivity contribution in [2.75, 3.05) is 18.0 Å². The number of rotatable bonds is 6. The molecule has 184 valence electrons. The quantitative estimate of drug-likeness (QED) is 0.253. The fourth-order valence-corrected chi connectivity index (χ4v) is 6.06. The molecule has 3 nitrogen and oxygen atoms in total. The smallest absolute Gasteiger partial charge is 0.329 e. The highest BCUT2D eigenvalue weighted by Gasteiger charge is 2.62. The SMILES string of the molecule is CCCC1CCC(C2CCC(C(=O)Oc3ccc(N4CC(F)(F)C(F)(F)C4)cc3)CC2)CC1. The lowest BCUT2D eigenvalue weighted by Crippen LogP contribution is -2.38. The zero-order valence-electron chi connectivity index (χ0n) is 19.4. The molecule has 0 spiro atoms. The molecule has 0 amide bonds. The summed E-state index contributed by atoms with van der Waals surface area (Å²) in [6.07, 6.45) is 11.8. The van der Waals surface area contributed by atoms with E-state index in [1.54, 1.807) is 0 Å². The number of nitrogens with zero attached hydrogens (tertiary/aromatic N) is 1. The van der Waals surface area contributed by atoms with Gasteiger partial charge in [0.05, 0.1) is 19.0 Å². The van der Waals surface area contributed by atoms with Crippen molar-refractivity contribution < 1.29 is 27.1 Å². The van der Waals surface area contributed by atoms with Crippen LogP contribution in [0, 0.1) is 23.7 Å². The number of hydrogen-bond donors (Lipinski definition) is 0. The standard InChI is InChI=1S/C26H35F4NO2/c1-2-3-18-4-6-19(7-5-18)20-8-10-21(11-9-20)24(32)33-23-14-12-22(13-15-23)31-16-25(27,28)26(29,30)17-31/h12-15,18-21H,2-11,16-17H2,1H3. The third kappa shape index (κ3) is 5.48. The van der Waals surface area contributed by atoms with Crippen LogP contribution in [0.2, 0.25) is 0 Å². The van der Waals surface area contributed by atoms with Crippen LogP contribution in [0.5, 0.6) is 5.75 Å². The van der Waals surface area contributed by atoms with E-state index < -0.39 is 24.9 Å². The van der Waals surface area contributed by atoms with E-state index >= 15 is 0 Å². The molecular formula is C26H35F4NO2. The monoisotopic (exact) mass is 469 g/mol. The molecule has 0 N–H and O–H groups in total. The van der Waals surface area contributed by atoms with Gasteiger partial charge in [-0.05, 0) is 80.5 Å². The van der Waals surface area contributed by atoms with Gasteiger partial charge in [-0.25, -0.2) is 0 Å². The molecular weight excluding hydrogens is 434 g/mol. The summed E-state index contributed by atoms with van der Waals surface area (Å²) in [6, 6.07) is 5.88. The topological polar surface area (TPSA) is 29.5 Å². The van der Waals surface area contributed by atoms with E-state index in [2.05, 4.69) is 6.92 Å². The Kier molecular flexibility index (Phi) is 7.25. The molecule has 1 aromatic rings. The first-order chi connectivity index (χ1) is 15.7. The summed E-state index contributed by atoms with van der Waals surface area (Å²) < 4.78 is 59.3. The summed E-state index contributed by atoms with van der Waals surface area (Å²) in [7, 11) is 0. The highest BCUT2D eigenvalue weighted by molar-refractivity contribution is 5.75. The lowest BCUT2D eigenvalue weighted by molar-refractivity contribution is -0.172. The third-order valence-corrected chi connectivity index (χ3v) is 8.09. The van der Waals surface area contributed by atoms with E-state index in [-0.39, 0.29) is 17.6 Å². The normalized spacial score (nSPS) is 31.4. The predicted octanol–water partition coefficient (Wildman–Crippen LogP) is 7.10. The van der Waals surface area contributed by atoms with Gasteiger partial charge in [-0.1, -0.05) is 32.6 Å². The van der Waals surface area contributed by atoms with Crippen LogP contribution in [-0.2, 0) is 4.79 Å². The second-order valence-corrected chi connectivity index (χ2v) is 10.4. The minimum absolute atomic E-state index is 0.117. The van der Waals surface area contributed by atoms with Crippen molar-refractivity contribution in [1.29, 1.82) is 0 Å². The molecule has 0 radical (unpaired) electrons. The van der Waals surface area contributed by atoms with Gasteiger partial charge in [0, 0.05) is 5.69 Å². The van der Waals surface area contributed by atoms with Crippen LogP contribution >= 0.6 is 0 Å². The third-order valence-electron chi connectivity index (χ3n) is 8.09. The van der Waals surface area contributed by atoms with Gasteiger partial charge in [0.25, 0.3) is 0 Å². The van der Waals surface area contributed by atoms with Crippen molar-refractivity contribution in [3.05, 3.63) is 24.3 Å². The second kappa shape index (κ2) is 9.83. The number of hydrogen-bond acceptors (Lipinski definition) is 3. The molecule has 3 fully saturated rings. The van der Waals surface area contributed by atoms with E-state index in [9.17, 15) is 22.4 Å². The van der Waals surface area contributed by atoms with Crippen molar-refractivity contribution in [3.8, 4) is 5.75 Å².